The second-order valence-corrected chi connectivity index (χ2v) is 16.3. The van der Waals surface area contributed by atoms with E-state index in [2.05, 4.69) is 41.7 Å². The minimum Gasteiger partial charge on any atom is -0.450 e. The molecule has 5 amide bonds. The molecule has 0 radical (unpaired) electrons. The van der Waals surface area contributed by atoms with Gasteiger partial charge in [-0.15, -0.1) is 6.58 Å². The van der Waals surface area contributed by atoms with Crippen molar-refractivity contribution in [1.82, 2.24) is 26.2 Å². The summed E-state index contributed by atoms with van der Waals surface area (Å²) in [5, 5.41) is 11.2. The van der Waals surface area contributed by atoms with Gasteiger partial charge in [0.2, 0.25) is 23.5 Å². The zero-order chi connectivity index (χ0) is 35.6. The Labute approximate surface area is 285 Å². The van der Waals surface area contributed by atoms with Crippen LogP contribution in [0.4, 0.5) is 4.79 Å². The van der Waals surface area contributed by atoms with Gasteiger partial charge in [0, 0.05) is 13.1 Å². The monoisotopic (exact) mass is 671 g/mol. The molecule has 0 bridgehead atoms. The molecule has 0 aromatic carbocycles. The van der Waals surface area contributed by atoms with Crippen molar-refractivity contribution in [3.05, 3.63) is 12.7 Å². The van der Waals surface area contributed by atoms with Crippen LogP contribution in [0.5, 0.6) is 0 Å². The van der Waals surface area contributed by atoms with Crippen LogP contribution >= 0.6 is 0 Å². The molecule has 268 valence electrons. The number of rotatable bonds is 14. The number of carbonyl (C=O) groups excluding carboxylic acids is 6. The van der Waals surface area contributed by atoms with Crippen LogP contribution in [0.25, 0.3) is 0 Å². The Kier molecular flexibility index (Phi) is 11.4. The number of likely N-dealkylation sites (tertiary alicyclic amines) is 1. The molecule has 4 rings (SSSR count). The summed E-state index contributed by atoms with van der Waals surface area (Å²) in [7, 11) is 0. The highest BCUT2D eigenvalue weighted by Gasteiger charge is 2.70. The van der Waals surface area contributed by atoms with Crippen LogP contribution in [0, 0.1) is 34.0 Å². The van der Waals surface area contributed by atoms with Gasteiger partial charge in [-0.2, -0.15) is 0 Å². The van der Waals surface area contributed by atoms with E-state index in [1.54, 1.807) is 11.8 Å². The molecule has 1 aliphatic heterocycles. The predicted octanol–water partition coefficient (Wildman–Crippen LogP) is 3.24. The van der Waals surface area contributed by atoms with Gasteiger partial charge in [-0.3, -0.25) is 24.0 Å². The third-order valence-corrected chi connectivity index (χ3v) is 11.2. The molecule has 1 saturated heterocycles. The van der Waals surface area contributed by atoms with Crippen molar-refractivity contribution < 1.29 is 33.5 Å². The van der Waals surface area contributed by atoms with Crippen molar-refractivity contribution in [3.63, 3.8) is 0 Å². The van der Waals surface area contributed by atoms with Gasteiger partial charge in [-0.1, -0.05) is 79.7 Å². The molecule has 3 saturated carbocycles. The lowest BCUT2D eigenvalue weighted by Gasteiger charge is -2.42. The number of Topliss-reactive ketones (excluding diaryl/α,β-unsaturated/α-hetero) is 1. The van der Waals surface area contributed by atoms with E-state index >= 15 is 0 Å². The fourth-order valence-electron chi connectivity index (χ4n) is 7.93. The third-order valence-electron chi connectivity index (χ3n) is 11.2. The van der Waals surface area contributed by atoms with Gasteiger partial charge in [0.1, 0.15) is 18.1 Å². The van der Waals surface area contributed by atoms with Gasteiger partial charge in [-0.25, -0.2) is 4.79 Å². The van der Waals surface area contributed by atoms with Crippen LogP contribution in [-0.2, 0) is 28.7 Å². The van der Waals surface area contributed by atoms with Crippen molar-refractivity contribution in [1.29, 1.82) is 0 Å². The number of nitrogens with zero attached hydrogens (tertiary/aromatic N) is 1. The average Bonchev–Trinajstić information content (AvgIpc) is 3.87. The van der Waals surface area contributed by atoms with Crippen molar-refractivity contribution in [3.8, 4) is 0 Å². The third kappa shape index (κ3) is 8.22. The Bertz CT molecular complexity index is 1280. The van der Waals surface area contributed by atoms with Crippen molar-refractivity contribution in [2.75, 3.05) is 19.7 Å². The lowest BCUT2D eigenvalue weighted by atomic mass is 9.70. The van der Waals surface area contributed by atoms with Gasteiger partial charge in [0.05, 0.1) is 12.6 Å². The fraction of sp³-hybridized carbons (Fsp3) is 0.778. The summed E-state index contributed by atoms with van der Waals surface area (Å²) in [6, 6.07) is -3.79. The zero-order valence-corrected chi connectivity index (χ0v) is 29.9. The van der Waals surface area contributed by atoms with Gasteiger partial charge >= 0.3 is 6.09 Å². The summed E-state index contributed by atoms with van der Waals surface area (Å²) in [6.07, 6.45) is 7.40. The Morgan fingerprint density at radius 1 is 0.979 bits per heavy atom. The summed E-state index contributed by atoms with van der Waals surface area (Å²) < 4.78 is 5.14. The van der Waals surface area contributed by atoms with Crippen LogP contribution in [-0.4, -0.2) is 84.3 Å². The molecule has 3 aliphatic carbocycles. The number of ketones is 1. The molecule has 1 heterocycles. The average molecular weight is 672 g/mol. The summed E-state index contributed by atoms with van der Waals surface area (Å²) in [4.78, 5) is 82.7. The molecular weight excluding hydrogens is 614 g/mol. The number of amides is 5. The lowest BCUT2D eigenvalue weighted by Crippen LogP contribution is -2.64. The first-order chi connectivity index (χ1) is 22.5. The molecular formula is C36H57N5O7. The smallest absolute Gasteiger partial charge is 0.407 e. The largest absolute Gasteiger partial charge is 0.450 e. The quantitative estimate of drug-likeness (QED) is 0.163. The van der Waals surface area contributed by atoms with E-state index in [9.17, 15) is 28.8 Å². The van der Waals surface area contributed by atoms with E-state index in [1.807, 2.05) is 27.7 Å². The van der Waals surface area contributed by atoms with E-state index < -0.39 is 70.5 Å². The summed E-state index contributed by atoms with van der Waals surface area (Å²) in [6.45, 7) is 17.6. The number of ether oxygens (including phenoxy) is 1. The second-order valence-electron chi connectivity index (χ2n) is 16.3. The SMILES string of the molecule is C=CCNC(=O)C(=O)C(CC1CC1)NC(=O)[C@@H]1[C@@H]2[C@H](CN1C(=O)[C@@H](NC(=O)[C@@H](NC(=O)OCC)C1(C)CCCCC1)C(C)(C)C)C2(C)C. The van der Waals surface area contributed by atoms with Crippen LogP contribution < -0.4 is 21.3 Å². The highest BCUT2D eigenvalue weighted by Crippen LogP contribution is 2.65. The van der Waals surface area contributed by atoms with E-state index in [4.69, 9.17) is 4.74 Å². The maximum Gasteiger partial charge on any atom is 0.407 e. The molecule has 1 unspecified atom stereocenters. The van der Waals surface area contributed by atoms with Crippen molar-refractivity contribution >= 4 is 35.5 Å². The van der Waals surface area contributed by atoms with Crippen molar-refractivity contribution in [2.24, 2.45) is 34.0 Å². The molecule has 4 fully saturated rings. The second kappa shape index (κ2) is 14.6. The van der Waals surface area contributed by atoms with E-state index in [-0.39, 0.29) is 36.3 Å². The summed E-state index contributed by atoms with van der Waals surface area (Å²) >= 11 is 0. The number of nitrogens with one attached hydrogen (secondary N) is 4. The molecule has 6 atom stereocenters. The molecule has 12 nitrogen and oxygen atoms in total. The predicted molar refractivity (Wildman–Crippen MR) is 180 cm³/mol. The fourth-order valence-corrected chi connectivity index (χ4v) is 7.93. The first kappa shape index (κ1) is 37.4. The van der Waals surface area contributed by atoms with Crippen molar-refractivity contribution in [2.45, 2.75) is 124 Å². The zero-order valence-electron chi connectivity index (χ0n) is 29.9. The molecule has 12 heteroatoms. The molecule has 48 heavy (non-hydrogen) atoms. The number of fused-ring (bicyclic) bond motifs is 1. The summed E-state index contributed by atoms with van der Waals surface area (Å²) in [5.74, 6) is -2.63. The van der Waals surface area contributed by atoms with Crippen LogP contribution in [0.1, 0.15) is 99.8 Å². The van der Waals surface area contributed by atoms with Crippen LogP contribution in [0.3, 0.4) is 0 Å². The van der Waals surface area contributed by atoms with E-state index in [1.165, 1.54) is 6.08 Å². The normalized spacial score (nSPS) is 25.7. The number of piperidine rings is 1. The number of carbonyl (C=O) groups is 6. The topological polar surface area (TPSA) is 163 Å². The van der Waals surface area contributed by atoms with Gasteiger partial charge in [0.15, 0.2) is 0 Å². The standard InChI is InChI=1S/C36H57N5O7/c1-9-18-37-30(44)26(42)23(19-21-14-15-21)38-29(43)25-24-22(35(24,6)7)20-41(25)32(46)28(34(3,4)5)39-31(45)27(40-33(47)48-10-2)36(8)16-12-11-13-17-36/h9,21-25,27-28H,1,10-20H2,2-8H3,(H,37,44)(H,38,43)(H,39,45)(H,40,47)/t22-,23?,24-,25-,27+,28+/m0/s1. The summed E-state index contributed by atoms with van der Waals surface area (Å²) in [5.41, 5.74) is -1.46. The number of hydrogen-bond donors (Lipinski definition) is 4. The van der Waals surface area contributed by atoms with Crippen LogP contribution in [0.2, 0.25) is 0 Å². The molecule has 0 spiro atoms. The van der Waals surface area contributed by atoms with Gasteiger partial charge in [0.25, 0.3) is 5.91 Å². The Hall–Kier alpha value is -3.44. The highest BCUT2D eigenvalue weighted by atomic mass is 16.5. The molecule has 4 N–H and O–H groups in total. The van der Waals surface area contributed by atoms with Gasteiger partial charge < -0.3 is 30.9 Å². The molecule has 4 aliphatic rings. The maximum atomic E-state index is 14.5. The van der Waals surface area contributed by atoms with E-state index in [0.29, 0.717) is 13.0 Å². The molecule has 0 aromatic rings. The number of alkyl carbamates (subject to hydrolysis) is 1. The highest BCUT2D eigenvalue weighted by molar-refractivity contribution is 6.38. The van der Waals surface area contributed by atoms with Gasteiger partial charge in [-0.05, 0) is 60.2 Å². The number of hydrogen-bond acceptors (Lipinski definition) is 7. The van der Waals surface area contributed by atoms with Crippen LogP contribution in [0.15, 0.2) is 12.7 Å². The van der Waals surface area contributed by atoms with E-state index in [0.717, 1.165) is 44.9 Å². The minimum absolute atomic E-state index is 0.0707. The lowest BCUT2D eigenvalue weighted by molar-refractivity contribution is -0.147. The first-order valence-corrected chi connectivity index (χ1v) is 17.7. The maximum absolute atomic E-state index is 14.5. The minimum atomic E-state index is -1.01. The Balaban J connectivity index is 1.58. The Morgan fingerprint density at radius 3 is 2.19 bits per heavy atom. The Morgan fingerprint density at radius 2 is 1.62 bits per heavy atom. The first-order valence-electron chi connectivity index (χ1n) is 17.7. The molecule has 0 aromatic heterocycles.